The van der Waals surface area contributed by atoms with Gasteiger partial charge >= 0.3 is 0 Å². The quantitative estimate of drug-likeness (QED) is 0.678. The predicted molar refractivity (Wildman–Crippen MR) is 66.7 cm³/mol. The van der Waals surface area contributed by atoms with Crippen LogP contribution in [0.3, 0.4) is 0 Å². The van der Waals surface area contributed by atoms with Crippen LogP contribution in [0, 0.1) is 11.8 Å². The Hall–Kier alpha value is -0.120. The number of nitrogens with one attached hydrogen (secondary N) is 1. The molecule has 0 spiro atoms. The maximum atomic E-state index is 5.45. The molecule has 1 saturated carbocycles. The van der Waals surface area contributed by atoms with Crippen LogP contribution in [0.4, 0.5) is 0 Å². The Morgan fingerprint density at radius 1 is 1.06 bits per heavy atom. The summed E-state index contributed by atoms with van der Waals surface area (Å²) < 4.78 is 10.4. The summed E-state index contributed by atoms with van der Waals surface area (Å²) in [5, 5.41) is 3.63. The monoisotopic (exact) mass is 229 g/mol. The first-order chi connectivity index (χ1) is 7.75. The molecule has 3 nitrogen and oxygen atoms in total. The fraction of sp³-hybridized carbons (Fsp3) is 1.00. The van der Waals surface area contributed by atoms with Crippen molar-refractivity contribution in [1.29, 1.82) is 0 Å². The summed E-state index contributed by atoms with van der Waals surface area (Å²) in [6.07, 6.45) is 4.13. The Morgan fingerprint density at radius 3 is 2.38 bits per heavy atom. The SMILES string of the molecule is COCCOCCNC1C(C)CCCC1C. The maximum absolute atomic E-state index is 5.45. The third-order valence-electron chi connectivity index (χ3n) is 3.60. The molecule has 1 rings (SSSR count). The summed E-state index contributed by atoms with van der Waals surface area (Å²) in [6, 6.07) is 0.680. The van der Waals surface area contributed by atoms with Gasteiger partial charge < -0.3 is 14.8 Å². The van der Waals surface area contributed by atoms with Gasteiger partial charge in [-0.1, -0.05) is 20.3 Å². The van der Waals surface area contributed by atoms with E-state index in [1.165, 1.54) is 19.3 Å². The first kappa shape index (κ1) is 13.9. The molecule has 0 amide bonds. The molecule has 0 radical (unpaired) electrons. The van der Waals surface area contributed by atoms with E-state index in [1.807, 2.05) is 0 Å². The molecular formula is C13H27NO2. The molecule has 0 aromatic heterocycles. The van der Waals surface area contributed by atoms with Gasteiger partial charge in [-0.05, 0) is 24.7 Å². The molecule has 0 bridgehead atoms. The minimum absolute atomic E-state index is 0.680. The first-order valence-corrected chi connectivity index (χ1v) is 6.55. The van der Waals surface area contributed by atoms with Crippen molar-refractivity contribution in [3.63, 3.8) is 0 Å². The number of methoxy groups -OCH3 is 1. The van der Waals surface area contributed by atoms with Crippen molar-refractivity contribution < 1.29 is 9.47 Å². The molecule has 16 heavy (non-hydrogen) atoms. The van der Waals surface area contributed by atoms with Gasteiger partial charge in [-0.25, -0.2) is 0 Å². The fourth-order valence-corrected chi connectivity index (χ4v) is 2.63. The zero-order valence-electron chi connectivity index (χ0n) is 11.0. The average Bonchev–Trinajstić information content (AvgIpc) is 2.26. The van der Waals surface area contributed by atoms with Crippen molar-refractivity contribution in [2.24, 2.45) is 11.8 Å². The van der Waals surface area contributed by atoms with Crippen LogP contribution in [0.25, 0.3) is 0 Å². The lowest BCUT2D eigenvalue weighted by atomic mass is 9.79. The third kappa shape index (κ3) is 4.81. The molecule has 0 aromatic rings. The lowest BCUT2D eigenvalue weighted by Gasteiger charge is -2.35. The molecule has 0 heterocycles. The number of ether oxygens (including phenoxy) is 2. The van der Waals surface area contributed by atoms with E-state index in [0.717, 1.165) is 25.0 Å². The Bertz CT molecular complexity index is 165. The van der Waals surface area contributed by atoms with E-state index < -0.39 is 0 Å². The van der Waals surface area contributed by atoms with Gasteiger partial charge in [0.1, 0.15) is 0 Å². The number of hydrogen-bond acceptors (Lipinski definition) is 3. The van der Waals surface area contributed by atoms with Gasteiger partial charge in [-0.2, -0.15) is 0 Å². The lowest BCUT2D eigenvalue weighted by Crippen LogP contribution is -2.44. The van der Waals surface area contributed by atoms with E-state index in [0.29, 0.717) is 19.3 Å². The molecule has 0 aromatic carbocycles. The van der Waals surface area contributed by atoms with Crippen LogP contribution >= 0.6 is 0 Å². The second-order valence-electron chi connectivity index (χ2n) is 4.97. The van der Waals surface area contributed by atoms with Gasteiger partial charge in [-0.3, -0.25) is 0 Å². The van der Waals surface area contributed by atoms with E-state index in [4.69, 9.17) is 9.47 Å². The fourth-order valence-electron chi connectivity index (χ4n) is 2.63. The zero-order chi connectivity index (χ0) is 11.8. The van der Waals surface area contributed by atoms with Gasteiger partial charge in [0, 0.05) is 19.7 Å². The molecule has 1 aliphatic rings. The largest absolute Gasteiger partial charge is 0.382 e. The molecule has 3 heteroatoms. The van der Waals surface area contributed by atoms with Gasteiger partial charge in [-0.15, -0.1) is 0 Å². The summed E-state index contributed by atoms with van der Waals surface area (Å²) in [7, 11) is 1.70. The highest BCUT2D eigenvalue weighted by molar-refractivity contribution is 4.83. The molecule has 0 aliphatic heterocycles. The third-order valence-corrected chi connectivity index (χ3v) is 3.60. The normalized spacial score (nSPS) is 30.6. The van der Waals surface area contributed by atoms with Crippen molar-refractivity contribution in [2.75, 3.05) is 33.5 Å². The molecule has 1 fully saturated rings. The summed E-state index contributed by atoms with van der Waals surface area (Å²) in [5.74, 6) is 1.62. The van der Waals surface area contributed by atoms with Crippen molar-refractivity contribution in [3.05, 3.63) is 0 Å². The average molecular weight is 229 g/mol. The Morgan fingerprint density at radius 2 is 1.75 bits per heavy atom. The van der Waals surface area contributed by atoms with Crippen LogP contribution in [-0.2, 0) is 9.47 Å². The minimum Gasteiger partial charge on any atom is -0.382 e. The topological polar surface area (TPSA) is 30.5 Å². The van der Waals surface area contributed by atoms with Crippen molar-refractivity contribution in [3.8, 4) is 0 Å². The van der Waals surface area contributed by atoms with Crippen LogP contribution in [-0.4, -0.2) is 39.5 Å². The smallest absolute Gasteiger partial charge is 0.0700 e. The van der Waals surface area contributed by atoms with Gasteiger partial charge in [0.05, 0.1) is 19.8 Å². The summed E-state index contributed by atoms with van der Waals surface area (Å²) in [5.41, 5.74) is 0. The van der Waals surface area contributed by atoms with Gasteiger partial charge in [0.15, 0.2) is 0 Å². The Labute approximate surface area is 99.9 Å². The highest BCUT2D eigenvalue weighted by Gasteiger charge is 2.26. The van der Waals surface area contributed by atoms with Gasteiger partial charge in [0.2, 0.25) is 0 Å². The van der Waals surface area contributed by atoms with E-state index in [9.17, 15) is 0 Å². The van der Waals surface area contributed by atoms with Crippen molar-refractivity contribution in [1.82, 2.24) is 5.32 Å². The Kier molecular flexibility index (Phi) is 7.01. The van der Waals surface area contributed by atoms with Crippen LogP contribution in [0.5, 0.6) is 0 Å². The second kappa shape index (κ2) is 8.04. The van der Waals surface area contributed by atoms with Crippen molar-refractivity contribution >= 4 is 0 Å². The van der Waals surface area contributed by atoms with E-state index >= 15 is 0 Å². The summed E-state index contributed by atoms with van der Waals surface area (Å²) in [6.45, 7) is 7.87. The maximum Gasteiger partial charge on any atom is 0.0700 e. The van der Waals surface area contributed by atoms with E-state index in [2.05, 4.69) is 19.2 Å². The van der Waals surface area contributed by atoms with Crippen LogP contribution in [0.15, 0.2) is 0 Å². The summed E-state index contributed by atoms with van der Waals surface area (Å²) in [4.78, 5) is 0. The highest BCUT2D eigenvalue weighted by atomic mass is 16.5. The molecule has 0 saturated heterocycles. The second-order valence-corrected chi connectivity index (χ2v) is 4.97. The first-order valence-electron chi connectivity index (χ1n) is 6.55. The minimum atomic E-state index is 0.680. The predicted octanol–water partition coefficient (Wildman–Crippen LogP) is 2.06. The van der Waals surface area contributed by atoms with Crippen LogP contribution < -0.4 is 5.32 Å². The Balaban J connectivity index is 2.06. The lowest BCUT2D eigenvalue weighted by molar-refractivity contribution is 0.0679. The van der Waals surface area contributed by atoms with Crippen molar-refractivity contribution in [2.45, 2.75) is 39.2 Å². The number of rotatable bonds is 7. The molecule has 1 N–H and O–H groups in total. The molecule has 1 aliphatic carbocycles. The molecule has 2 unspecified atom stereocenters. The van der Waals surface area contributed by atoms with Gasteiger partial charge in [0.25, 0.3) is 0 Å². The highest BCUT2D eigenvalue weighted by Crippen LogP contribution is 2.28. The molecule has 96 valence electrons. The number of hydrogen-bond donors (Lipinski definition) is 1. The summed E-state index contributed by atoms with van der Waals surface area (Å²) >= 11 is 0. The van der Waals surface area contributed by atoms with E-state index in [1.54, 1.807) is 7.11 Å². The van der Waals surface area contributed by atoms with E-state index in [-0.39, 0.29) is 0 Å². The molecule has 2 atom stereocenters. The zero-order valence-corrected chi connectivity index (χ0v) is 11.0. The molecular weight excluding hydrogens is 202 g/mol. The van der Waals surface area contributed by atoms with Crippen LogP contribution in [0.2, 0.25) is 0 Å². The standard InChI is InChI=1S/C13H27NO2/c1-11-5-4-6-12(2)13(11)14-7-8-16-10-9-15-3/h11-14H,4-10H2,1-3H3. The van der Waals surface area contributed by atoms with Crippen LogP contribution in [0.1, 0.15) is 33.1 Å².